The van der Waals surface area contributed by atoms with E-state index in [1.54, 1.807) is 0 Å². The van der Waals surface area contributed by atoms with E-state index in [1.165, 1.54) is 30.7 Å². The fourth-order valence-corrected chi connectivity index (χ4v) is 3.84. The molecule has 0 N–H and O–H groups in total. The number of nitro groups is 1. The van der Waals surface area contributed by atoms with Crippen molar-refractivity contribution in [3.63, 3.8) is 0 Å². The highest BCUT2D eigenvalue weighted by molar-refractivity contribution is 5.89. The number of hydrogen-bond acceptors (Lipinski definition) is 6. The number of piperidine rings is 1. The Balaban J connectivity index is 1.70. The first-order valence-electron chi connectivity index (χ1n) is 10.3. The molecule has 1 fully saturated rings. The Hall–Kier alpha value is -2.93. The van der Waals surface area contributed by atoms with Crippen LogP contribution in [0, 0.1) is 10.1 Å². The van der Waals surface area contributed by atoms with Crippen molar-refractivity contribution >= 4 is 11.7 Å². The van der Waals surface area contributed by atoms with E-state index < -0.39 is 17.0 Å². The molecule has 160 valence electrons. The second-order valence-corrected chi connectivity index (χ2v) is 7.78. The second-order valence-electron chi connectivity index (χ2n) is 7.78. The number of carbonyl (C=O) groups excluding carboxylic acids is 1. The molecule has 1 aliphatic rings. The summed E-state index contributed by atoms with van der Waals surface area (Å²) in [5.74, 6) is 0.206. The van der Waals surface area contributed by atoms with Gasteiger partial charge in [0.15, 0.2) is 0 Å². The van der Waals surface area contributed by atoms with Gasteiger partial charge in [-0.15, -0.1) is 0 Å². The van der Waals surface area contributed by atoms with Crippen LogP contribution in [0.15, 0.2) is 54.6 Å². The van der Waals surface area contributed by atoms with Crippen molar-refractivity contribution < 1.29 is 19.2 Å². The van der Waals surface area contributed by atoms with Crippen LogP contribution in [0.3, 0.4) is 0 Å². The van der Waals surface area contributed by atoms with Crippen molar-refractivity contribution in [3.05, 3.63) is 70.3 Å². The average Bonchev–Trinajstić information content (AvgIpc) is 2.75. The monoisotopic (exact) mass is 412 g/mol. The zero-order valence-corrected chi connectivity index (χ0v) is 17.4. The molecule has 7 heteroatoms. The van der Waals surface area contributed by atoms with Crippen LogP contribution < -0.4 is 4.74 Å². The summed E-state index contributed by atoms with van der Waals surface area (Å²) in [7, 11) is 0. The van der Waals surface area contributed by atoms with Gasteiger partial charge in [0.25, 0.3) is 5.69 Å². The third-order valence-electron chi connectivity index (χ3n) is 5.56. The Morgan fingerprint density at radius 2 is 1.73 bits per heavy atom. The third kappa shape index (κ3) is 5.79. The van der Waals surface area contributed by atoms with Crippen LogP contribution in [-0.2, 0) is 4.74 Å². The van der Waals surface area contributed by atoms with Gasteiger partial charge in [-0.25, -0.2) is 4.79 Å². The Morgan fingerprint density at radius 3 is 2.33 bits per heavy atom. The highest BCUT2D eigenvalue weighted by Gasteiger charge is 2.29. The predicted molar refractivity (Wildman–Crippen MR) is 114 cm³/mol. The molecular formula is C23H28N2O5. The first-order valence-corrected chi connectivity index (χ1v) is 10.3. The molecule has 2 aromatic rings. The number of benzene rings is 2. The number of para-hydroxylation sites is 1. The summed E-state index contributed by atoms with van der Waals surface area (Å²) in [6, 6.07) is 15.7. The fourth-order valence-electron chi connectivity index (χ4n) is 3.84. The van der Waals surface area contributed by atoms with Crippen LogP contribution in [0.1, 0.15) is 43.5 Å². The molecule has 0 aliphatic carbocycles. The van der Waals surface area contributed by atoms with Crippen LogP contribution in [0.4, 0.5) is 5.69 Å². The third-order valence-corrected chi connectivity index (χ3v) is 5.56. The zero-order chi connectivity index (χ0) is 21.5. The van der Waals surface area contributed by atoms with Crippen LogP contribution in [-0.4, -0.2) is 47.1 Å². The van der Waals surface area contributed by atoms with Gasteiger partial charge in [0.1, 0.15) is 18.5 Å². The maximum atomic E-state index is 12.7. The smallest absolute Gasteiger partial charge is 0.338 e. The van der Waals surface area contributed by atoms with E-state index in [0.29, 0.717) is 24.4 Å². The number of non-ortho nitro benzene ring substituents is 1. The molecule has 1 saturated heterocycles. The molecule has 0 unspecified atom stereocenters. The lowest BCUT2D eigenvalue weighted by Crippen LogP contribution is -2.49. The number of ether oxygens (including phenoxy) is 2. The number of esters is 1. The van der Waals surface area contributed by atoms with Gasteiger partial charge in [-0.3, -0.25) is 15.0 Å². The molecule has 0 aromatic heterocycles. The van der Waals surface area contributed by atoms with E-state index in [-0.39, 0.29) is 17.9 Å². The standard InChI is InChI=1S/C23H28N2O5/c1-17-7-6-8-18(2)24(17)15-22(16-29-21-9-4-3-5-10-21)30-23(26)19-11-13-20(14-12-19)25(27)28/h3-5,9-14,17-18,22H,6-8,15-16H2,1-2H3/t17-,18-,22-/m0/s1. The zero-order valence-electron chi connectivity index (χ0n) is 17.4. The number of nitro benzene ring substituents is 1. The summed E-state index contributed by atoms with van der Waals surface area (Å²) in [5.41, 5.74) is 0.219. The number of carbonyl (C=O) groups is 1. The lowest BCUT2D eigenvalue weighted by atomic mass is 9.97. The largest absolute Gasteiger partial charge is 0.490 e. The Labute approximate surface area is 176 Å². The summed E-state index contributed by atoms with van der Waals surface area (Å²) in [5, 5.41) is 10.8. The molecule has 3 atom stereocenters. The normalized spacial score (nSPS) is 20.3. The molecule has 2 aromatic carbocycles. The molecule has 0 amide bonds. The molecule has 0 bridgehead atoms. The van der Waals surface area contributed by atoms with E-state index in [9.17, 15) is 14.9 Å². The maximum absolute atomic E-state index is 12.7. The van der Waals surface area contributed by atoms with Crippen molar-refractivity contribution in [3.8, 4) is 5.75 Å². The summed E-state index contributed by atoms with van der Waals surface area (Å²) in [6.45, 7) is 5.21. The van der Waals surface area contributed by atoms with Gasteiger partial charge in [0, 0.05) is 30.8 Å². The molecule has 1 heterocycles. The molecule has 7 nitrogen and oxygen atoms in total. The number of rotatable bonds is 8. The minimum atomic E-state index is -0.510. The van der Waals surface area contributed by atoms with E-state index in [1.807, 2.05) is 30.3 Å². The highest BCUT2D eigenvalue weighted by Crippen LogP contribution is 2.23. The lowest BCUT2D eigenvalue weighted by Gasteiger charge is -2.40. The molecular weight excluding hydrogens is 384 g/mol. The quantitative estimate of drug-likeness (QED) is 0.362. The minimum absolute atomic E-state index is 0.0634. The van der Waals surface area contributed by atoms with Crippen LogP contribution in [0.5, 0.6) is 5.75 Å². The maximum Gasteiger partial charge on any atom is 0.338 e. The lowest BCUT2D eigenvalue weighted by molar-refractivity contribution is -0.384. The summed E-state index contributed by atoms with van der Waals surface area (Å²) in [6.07, 6.45) is 2.97. The molecule has 1 aliphatic heterocycles. The number of nitrogens with zero attached hydrogens (tertiary/aromatic N) is 2. The van der Waals surface area contributed by atoms with Gasteiger partial charge in [-0.1, -0.05) is 24.6 Å². The van der Waals surface area contributed by atoms with Gasteiger partial charge in [-0.05, 0) is 51.0 Å². The molecule has 30 heavy (non-hydrogen) atoms. The molecule has 0 radical (unpaired) electrons. The molecule has 0 spiro atoms. The van der Waals surface area contributed by atoms with Gasteiger partial charge < -0.3 is 9.47 Å². The molecule has 0 saturated carbocycles. The van der Waals surface area contributed by atoms with Gasteiger partial charge >= 0.3 is 5.97 Å². The summed E-state index contributed by atoms with van der Waals surface area (Å²) in [4.78, 5) is 25.4. The van der Waals surface area contributed by atoms with Crippen molar-refractivity contribution in [2.75, 3.05) is 13.2 Å². The van der Waals surface area contributed by atoms with E-state index in [2.05, 4.69) is 18.7 Å². The first-order chi connectivity index (χ1) is 14.4. The van der Waals surface area contributed by atoms with Gasteiger partial charge in [0.05, 0.1) is 10.5 Å². The Morgan fingerprint density at radius 1 is 1.10 bits per heavy atom. The van der Waals surface area contributed by atoms with Crippen LogP contribution >= 0.6 is 0 Å². The topological polar surface area (TPSA) is 81.9 Å². The summed E-state index contributed by atoms with van der Waals surface area (Å²) >= 11 is 0. The van der Waals surface area contributed by atoms with Crippen molar-refractivity contribution in [1.29, 1.82) is 0 Å². The second kappa shape index (κ2) is 10.2. The summed E-state index contributed by atoms with van der Waals surface area (Å²) < 4.78 is 11.7. The number of hydrogen-bond donors (Lipinski definition) is 0. The van der Waals surface area contributed by atoms with E-state index in [4.69, 9.17) is 9.47 Å². The van der Waals surface area contributed by atoms with Crippen LogP contribution in [0.2, 0.25) is 0 Å². The minimum Gasteiger partial charge on any atom is -0.490 e. The van der Waals surface area contributed by atoms with Crippen molar-refractivity contribution in [2.24, 2.45) is 0 Å². The van der Waals surface area contributed by atoms with E-state index in [0.717, 1.165) is 12.8 Å². The van der Waals surface area contributed by atoms with Crippen LogP contribution in [0.25, 0.3) is 0 Å². The van der Waals surface area contributed by atoms with Gasteiger partial charge in [-0.2, -0.15) is 0 Å². The predicted octanol–water partition coefficient (Wildman–Crippen LogP) is 4.46. The fraction of sp³-hybridized carbons (Fsp3) is 0.435. The Kier molecular flexibility index (Phi) is 7.41. The van der Waals surface area contributed by atoms with E-state index >= 15 is 0 Å². The first kappa shape index (κ1) is 21.8. The molecule has 3 rings (SSSR count). The highest BCUT2D eigenvalue weighted by atomic mass is 16.6. The van der Waals surface area contributed by atoms with Gasteiger partial charge in [0.2, 0.25) is 0 Å². The van der Waals surface area contributed by atoms with Crippen molar-refractivity contribution in [2.45, 2.75) is 51.3 Å². The number of likely N-dealkylation sites (tertiary alicyclic amines) is 1. The SMILES string of the molecule is C[C@H]1CCC[C@H](C)N1C[C@@H](COc1ccccc1)OC(=O)c1ccc([N+](=O)[O-])cc1. The average molecular weight is 412 g/mol. The Bertz CT molecular complexity index is 830. The van der Waals surface area contributed by atoms with Crippen molar-refractivity contribution in [1.82, 2.24) is 4.90 Å².